The smallest absolute Gasteiger partial charge is 0.373 e. The van der Waals surface area contributed by atoms with Crippen LogP contribution in [0, 0.1) is 10.1 Å². The first kappa shape index (κ1) is 26.4. The molecule has 1 N–H and O–H groups in total. The van der Waals surface area contributed by atoms with E-state index in [1.807, 2.05) is 0 Å². The minimum atomic E-state index is -0.676. The van der Waals surface area contributed by atoms with Crippen molar-refractivity contribution < 1.29 is 37.9 Å². The van der Waals surface area contributed by atoms with Crippen molar-refractivity contribution >= 4 is 45.6 Å². The van der Waals surface area contributed by atoms with E-state index in [9.17, 15) is 24.5 Å². The van der Waals surface area contributed by atoms with Gasteiger partial charge in [-0.05, 0) is 41.5 Å². The van der Waals surface area contributed by atoms with E-state index in [0.29, 0.717) is 27.1 Å². The van der Waals surface area contributed by atoms with Gasteiger partial charge in [-0.15, -0.1) is 0 Å². The summed E-state index contributed by atoms with van der Waals surface area (Å²) >= 11 is 3.44. The van der Waals surface area contributed by atoms with Crippen molar-refractivity contribution in [1.29, 1.82) is 0 Å². The average molecular weight is 586 g/mol. The van der Waals surface area contributed by atoms with Crippen LogP contribution >= 0.6 is 15.9 Å². The fourth-order valence-corrected chi connectivity index (χ4v) is 3.99. The van der Waals surface area contributed by atoms with Gasteiger partial charge < -0.3 is 23.9 Å². The second-order valence-electron chi connectivity index (χ2n) is 7.88. The number of ether oxygens (including phenoxy) is 3. The number of nitrogens with one attached hydrogen (secondary N) is 1. The summed E-state index contributed by atoms with van der Waals surface area (Å²) in [6.45, 7) is -0.132. The van der Waals surface area contributed by atoms with E-state index in [1.165, 1.54) is 44.6 Å². The quantitative estimate of drug-likeness (QED) is 0.126. The SMILES string of the molecule is COC(=O)c1ccc(CN2C(=O)N/C(=C\c3cc(OC)c(OCc4cccc([N+](=O)[O-])c4)cc3Br)C2=O)o1. The minimum absolute atomic E-state index is 0.0164. The molecular weight excluding hydrogens is 566 g/mol. The topological polar surface area (TPSA) is 150 Å². The van der Waals surface area contributed by atoms with E-state index in [1.54, 1.807) is 24.3 Å². The maximum Gasteiger partial charge on any atom is 0.373 e. The Labute approximate surface area is 224 Å². The normalized spacial score (nSPS) is 14.0. The molecule has 12 nitrogen and oxygen atoms in total. The number of furan rings is 1. The summed E-state index contributed by atoms with van der Waals surface area (Å²) in [5.74, 6) is -0.397. The lowest BCUT2D eigenvalue weighted by Gasteiger charge is -2.13. The van der Waals surface area contributed by atoms with Crippen molar-refractivity contribution in [2.24, 2.45) is 0 Å². The number of carbonyl (C=O) groups excluding carboxylic acids is 3. The van der Waals surface area contributed by atoms with Gasteiger partial charge in [-0.3, -0.25) is 19.8 Å². The molecule has 0 unspecified atom stereocenters. The van der Waals surface area contributed by atoms with E-state index < -0.39 is 22.8 Å². The summed E-state index contributed by atoms with van der Waals surface area (Å²) < 4.78 is 21.7. The van der Waals surface area contributed by atoms with Crippen molar-refractivity contribution in [2.75, 3.05) is 14.2 Å². The number of imide groups is 1. The Morgan fingerprint density at radius 2 is 1.95 bits per heavy atom. The van der Waals surface area contributed by atoms with Crippen LogP contribution in [-0.4, -0.2) is 42.0 Å². The lowest BCUT2D eigenvalue weighted by molar-refractivity contribution is -0.384. The molecule has 13 heteroatoms. The van der Waals surface area contributed by atoms with Gasteiger partial charge in [0.25, 0.3) is 11.6 Å². The molecule has 2 aromatic carbocycles. The Morgan fingerprint density at radius 1 is 1.16 bits per heavy atom. The number of urea groups is 1. The van der Waals surface area contributed by atoms with Gasteiger partial charge in [0.15, 0.2) is 11.5 Å². The van der Waals surface area contributed by atoms with Gasteiger partial charge in [0.05, 0.1) is 25.7 Å². The number of carbonyl (C=O) groups is 3. The van der Waals surface area contributed by atoms with Crippen LogP contribution in [0.15, 0.2) is 63.1 Å². The summed E-state index contributed by atoms with van der Waals surface area (Å²) in [6, 6.07) is 11.5. The number of rotatable bonds is 9. The van der Waals surface area contributed by atoms with Gasteiger partial charge >= 0.3 is 12.0 Å². The Hall–Kier alpha value is -4.65. The van der Waals surface area contributed by atoms with Gasteiger partial charge in [-0.2, -0.15) is 0 Å². The van der Waals surface area contributed by atoms with Crippen LogP contribution in [0.25, 0.3) is 6.08 Å². The molecule has 0 radical (unpaired) electrons. The van der Waals surface area contributed by atoms with Gasteiger partial charge in [-0.1, -0.05) is 28.1 Å². The number of esters is 1. The second kappa shape index (κ2) is 11.2. The fourth-order valence-electron chi connectivity index (χ4n) is 3.55. The summed E-state index contributed by atoms with van der Waals surface area (Å²) in [4.78, 5) is 48.4. The van der Waals surface area contributed by atoms with Gasteiger partial charge in [-0.25, -0.2) is 9.59 Å². The molecule has 1 aromatic heterocycles. The molecule has 0 aliphatic carbocycles. The maximum atomic E-state index is 12.9. The van der Waals surface area contributed by atoms with E-state index >= 15 is 0 Å². The molecule has 1 fully saturated rings. The van der Waals surface area contributed by atoms with Crippen molar-refractivity contribution in [3.8, 4) is 11.5 Å². The second-order valence-corrected chi connectivity index (χ2v) is 8.73. The van der Waals surface area contributed by atoms with Crippen molar-refractivity contribution in [2.45, 2.75) is 13.2 Å². The molecule has 1 saturated heterocycles. The Bertz CT molecular complexity index is 1460. The standard InChI is InChI=1S/C25H20BrN3O9/c1-35-21-10-15(18(26)11-22(21)37-13-14-4-3-5-16(8-14)29(33)34)9-19-23(30)28(25(32)27-19)12-17-6-7-20(38-17)24(31)36-2/h3-11H,12-13H2,1-2H3,(H,27,32)/b19-9-. The first-order chi connectivity index (χ1) is 18.2. The van der Waals surface area contributed by atoms with E-state index in [0.717, 1.165) is 4.90 Å². The van der Waals surface area contributed by atoms with Crippen LogP contribution < -0.4 is 14.8 Å². The minimum Gasteiger partial charge on any atom is -0.493 e. The van der Waals surface area contributed by atoms with Crippen LogP contribution in [0.1, 0.15) is 27.4 Å². The Morgan fingerprint density at radius 3 is 2.66 bits per heavy atom. The Kier molecular flexibility index (Phi) is 7.76. The highest BCUT2D eigenvalue weighted by Gasteiger charge is 2.34. The largest absolute Gasteiger partial charge is 0.493 e. The molecule has 4 rings (SSSR count). The van der Waals surface area contributed by atoms with Crippen LogP contribution in [0.3, 0.4) is 0 Å². The molecule has 2 heterocycles. The predicted molar refractivity (Wildman–Crippen MR) is 135 cm³/mol. The number of hydrogen-bond acceptors (Lipinski definition) is 9. The third kappa shape index (κ3) is 5.67. The molecule has 0 atom stereocenters. The third-order valence-corrected chi connectivity index (χ3v) is 6.11. The highest BCUT2D eigenvalue weighted by atomic mass is 79.9. The first-order valence-corrected chi connectivity index (χ1v) is 11.7. The number of halogens is 1. The summed E-state index contributed by atoms with van der Waals surface area (Å²) in [6.07, 6.45) is 1.47. The van der Waals surface area contributed by atoms with Crippen molar-refractivity contribution in [3.63, 3.8) is 0 Å². The Balaban J connectivity index is 1.51. The zero-order valence-corrected chi connectivity index (χ0v) is 21.6. The summed E-state index contributed by atoms with van der Waals surface area (Å²) in [5, 5.41) is 13.5. The van der Waals surface area contributed by atoms with Crippen LogP contribution in [-0.2, 0) is 22.7 Å². The molecule has 1 aliphatic rings. The monoisotopic (exact) mass is 585 g/mol. The molecule has 1 aliphatic heterocycles. The molecule has 3 aromatic rings. The lowest BCUT2D eigenvalue weighted by Crippen LogP contribution is -2.30. The molecule has 196 valence electrons. The van der Waals surface area contributed by atoms with E-state index in [4.69, 9.17) is 13.9 Å². The molecule has 0 bridgehead atoms. The number of benzene rings is 2. The molecule has 0 saturated carbocycles. The number of nitrogens with zero attached hydrogens (tertiary/aromatic N) is 2. The number of non-ortho nitro benzene ring substituents is 1. The summed E-state index contributed by atoms with van der Waals surface area (Å²) in [5.41, 5.74) is 1.08. The number of nitro benzene ring substituents is 1. The number of amides is 3. The number of nitro groups is 1. The predicted octanol–water partition coefficient (Wildman–Crippen LogP) is 4.42. The van der Waals surface area contributed by atoms with Gasteiger partial charge in [0, 0.05) is 16.6 Å². The van der Waals surface area contributed by atoms with Crippen LogP contribution in [0.2, 0.25) is 0 Å². The zero-order valence-electron chi connectivity index (χ0n) is 20.1. The van der Waals surface area contributed by atoms with Crippen molar-refractivity contribution in [3.05, 3.63) is 91.5 Å². The lowest BCUT2D eigenvalue weighted by atomic mass is 10.1. The average Bonchev–Trinajstić information content (AvgIpc) is 3.48. The summed E-state index contributed by atoms with van der Waals surface area (Å²) in [7, 11) is 2.65. The highest BCUT2D eigenvalue weighted by molar-refractivity contribution is 9.10. The molecular formula is C25H20BrN3O9. The first-order valence-electron chi connectivity index (χ1n) is 11.0. The fraction of sp³-hybridized carbons (Fsp3) is 0.160. The molecule has 3 amide bonds. The van der Waals surface area contributed by atoms with Crippen LogP contribution in [0.5, 0.6) is 11.5 Å². The van der Waals surface area contributed by atoms with Gasteiger partial charge in [0.2, 0.25) is 5.76 Å². The number of methoxy groups -OCH3 is 2. The highest BCUT2D eigenvalue weighted by Crippen LogP contribution is 2.35. The third-order valence-electron chi connectivity index (χ3n) is 5.42. The number of hydrogen-bond donors (Lipinski definition) is 1. The van der Waals surface area contributed by atoms with Crippen molar-refractivity contribution in [1.82, 2.24) is 10.2 Å². The van der Waals surface area contributed by atoms with Crippen LogP contribution in [0.4, 0.5) is 10.5 Å². The molecule has 0 spiro atoms. The molecule has 38 heavy (non-hydrogen) atoms. The zero-order chi connectivity index (χ0) is 27.4. The van der Waals surface area contributed by atoms with E-state index in [-0.39, 0.29) is 36.1 Å². The maximum absolute atomic E-state index is 12.9. The van der Waals surface area contributed by atoms with Gasteiger partial charge in [0.1, 0.15) is 18.1 Å². The van der Waals surface area contributed by atoms with E-state index in [2.05, 4.69) is 26.0 Å².